The first-order valence-corrected chi connectivity index (χ1v) is 6.67. The second kappa shape index (κ2) is 5.39. The summed E-state index contributed by atoms with van der Waals surface area (Å²) in [4.78, 5) is 0. The molecule has 0 aliphatic carbocycles. The van der Waals surface area contributed by atoms with Crippen LogP contribution in [0.5, 0.6) is 0 Å². The van der Waals surface area contributed by atoms with Gasteiger partial charge < -0.3 is 0 Å². The lowest BCUT2D eigenvalue weighted by Gasteiger charge is -2.13. The van der Waals surface area contributed by atoms with E-state index in [9.17, 15) is 13.2 Å². The number of alkyl halides is 3. The Balaban J connectivity index is 2.69. The third-order valence-electron chi connectivity index (χ3n) is 3.11. The van der Waals surface area contributed by atoms with E-state index in [0.29, 0.717) is 11.4 Å². The Bertz CT molecular complexity index is 695. The average molecular weight is 335 g/mol. The summed E-state index contributed by atoms with van der Waals surface area (Å²) in [7, 11) is 0. The Morgan fingerprint density at radius 1 is 1.19 bits per heavy atom. The largest absolute Gasteiger partial charge is 0.416 e. The van der Waals surface area contributed by atoms with E-state index in [1.54, 1.807) is 19.9 Å². The third kappa shape index (κ3) is 2.80. The van der Waals surface area contributed by atoms with Gasteiger partial charge in [0.2, 0.25) is 0 Å². The molecule has 1 heterocycles. The summed E-state index contributed by atoms with van der Waals surface area (Å²) in [6.45, 7) is 7.22. The van der Waals surface area contributed by atoms with Gasteiger partial charge in [-0.05, 0) is 26.0 Å². The zero-order valence-corrected chi connectivity index (χ0v) is 12.7. The molecule has 112 valence electrons. The molecule has 1 aromatic heterocycles. The number of rotatable bonds is 2. The molecule has 2 nitrogen and oxygen atoms in total. The molecule has 2 rings (SSSR count). The van der Waals surface area contributed by atoms with E-state index in [-0.39, 0.29) is 15.7 Å². The van der Waals surface area contributed by atoms with Crippen LogP contribution in [0.4, 0.5) is 13.2 Å². The highest BCUT2D eigenvalue weighted by molar-refractivity contribution is 6.37. The van der Waals surface area contributed by atoms with Crippen molar-refractivity contribution >= 4 is 29.3 Å². The molecule has 0 aliphatic rings. The number of hydrogen-bond acceptors (Lipinski definition) is 1. The predicted molar refractivity (Wildman–Crippen MR) is 78.2 cm³/mol. The van der Waals surface area contributed by atoms with Crippen molar-refractivity contribution in [2.45, 2.75) is 20.0 Å². The zero-order valence-electron chi connectivity index (χ0n) is 11.2. The lowest BCUT2D eigenvalue weighted by atomic mass is 10.1. The Kier molecular flexibility index (Phi) is 4.08. The van der Waals surface area contributed by atoms with Gasteiger partial charge in [-0.3, -0.25) is 0 Å². The van der Waals surface area contributed by atoms with E-state index >= 15 is 0 Å². The third-order valence-corrected chi connectivity index (χ3v) is 3.68. The number of benzene rings is 1. The summed E-state index contributed by atoms with van der Waals surface area (Å²) in [5.41, 5.74) is 1.51. The minimum atomic E-state index is -4.51. The van der Waals surface area contributed by atoms with Gasteiger partial charge in [0.1, 0.15) is 5.69 Å². The highest BCUT2D eigenvalue weighted by atomic mass is 35.5. The van der Waals surface area contributed by atoms with Crippen LogP contribution in [0, 0.1) is 13.8 Å². The SMILES string of the molecule is C=Cc1c(C)nn(-c2c(Cl)cc(C(F)(F)F)cc2Cl)c1C. The second-order valence-corrected chi connectivity index (χ2v) is 5.30. The van der Waals surface area contributed by atoms with Gasteiger partial charge in [0, 0.05) is 11.3 Å². The molecule has 0 spiro atoms. The Hall–Kier alpha value is -1.46. The summed E-state index contributed by atoms with van der Waals surface area (Å²) >= 11 is 12.0. The fourth-order valence-corrected chi connectivity index (χ4v) is 2.75. The van der Waals surface area contributed by atoms with Gasteiger partial charge >= 0.3 is 6.18 Å². The molecule has 0 saturated heterocycles. The predicted octanol–water partition coefficient (Wildman–Crippen LogP) is 5.46. The van der Waals surface area contributed by atoms with Crippen molar-refractivity contribution in [3.8, 4) is 5.69 Å². The molecule has 0 saturated carbocycles. The molecule has 0 amide bonds. The van der Waals surface area contributed by atoms with E-state index in [1.807, 2.05) is 0 Å². The van der Waals surface area contributed by atoms with Gasteiger partial charge in [0.25, 0.3) is 0 Å². The molecule has 0 bridgehead atoms. The van der Waals surface area contributed by atoms with Crippen LogP contribution in [0.15, 0.2) is 18.7 Å². The van der Waals surface area contributed by atoms with Gasteiger partial charge in [-0.1, -0.05) is 35.9 Å². The van der Waals surface area contributed by atoms with Crippen LogP contribution in [0.1, 0.15) is 22.5 Å². The maximum Gasteiger partial charge on any atom is 0.416 e. The maximum absolute atomic E-state index is 12.7. The topological polar surface area (TPSA) is 17.8 Å². The van der Waals surface area contributed by atoms with Crippen LogP contribution >= 0.6 is 23.2 Å². The first kappa shape index (κ1) is 15.9. The van der Waals surface area contributed by atoms with Gasteiger partial charge in [0.05, 0.1) is 21.3 Å². The van der Waals surface area contributed by atoms with Crippen molar-refractivity contribution in [3.63, 3.8) is 0 Å². The molecule has 2 aromatic rings. The molecule has 0 fully saturated rings. The summed E-state index contributed by atoms with van der Waals surface area (Å²) in [6.07, 6.45) is -2.88. The van der Waals surface area contributed by atoms with Crippen LogP contribution in [-0.2, 0) is 6.18 Å². The average Bonchev–Trinajstić information content (AvgIpc) is 2.62. The van der Waals surface area contributed by atoms with Crippen LogP contribution in [0.3, 0.4) is 0 Å². The summed E-state index contributed by atoms with van der Waals surface area (Å²) in [6, 6.07) is 1.68. The van der Waals surface area contributed by atoms with Crippen LogP contribution in [0.2, 0.25) is 10.0 Å². The van der Waals surface area contributed by atoms with Crippen molar-refractivity contribution in [1.82, 2.24) is 9.78 Å². The summed E-state index contributed by atoms with van der Waals surface area (Å²) < 4.78 is 39.6. The van der Waals surface area contributed by atoms with Crippen molar-refractivity contribution in [2.24, 2.45) is 0 Å². The summed E-state index contributed by atoms with van der Waals surface area (Å²) in [5.74, 6) is 0. The van der Waals surface area contributed by atoms with E-state index in [0.717, 1.165) is 17.7 Å². The quantitative estimate of drug-likeness (QED) is 0.713. The number of aromatic nitrogens is 2. The minimum absolute atomic E-state index is 0.115. The fraction of sp³-hybridized carbons (Fsp3) is 0.214. The zero-order chi connectivity index (χ0) is 15.9. The van der Waals surface area contributed by atoms with Gasteiger partial charge in [-0.25, -0.2) is 4.68 Å². The Labute approximate surface area is 129 Å². The first-order chi connectivity index (χ1) is 9.66. The number of halogens is 5. The van der Waals surface area contributed by atoms with Crippen LogP contribution in [-0.4, -0.2) is 9.78 Å². The first-order valence-electron chi connectivity index (χ1n) is 5.92. The fourth-order valence-electron chi connectivity index (χ4n) is 2.10. The molecule has 0 radical (unpaired) electrons. The molecular formula is C14H11Cl2F3N2. The molecule has 0 unspecified atom stereocenters. The van der Waals surface area contributed by atoms with Gasteiger partial charge in [-0.15, -0.1) is 0 Å². The second-order valence-electron chi connectivity index (χ2n) is 4.49. The van der Waals surface area contributed by atoms with Crippen LogP contribution < -0.4 is 0 Å². The molecule has 21 heavy (non-hydrogen) atoms. The Morgan fingerprint density at radius 2 is 1.71 bits per heavy atom. The molecule has 7 heteroatoms. The van der Waals surface area contributed by atoms with E-state index in [1.165, 1.54) is 4.68 Å². The van der Waals surface area contributed by atoms with Gasteiger partial charge in [0.15, 0.2) is 0 Å². The number of nitrogens with zero attached hydrogens (tertiary/aromatic N) is 2. The number of hydrogen-bond donors (Lipinski definition) is 0. The standard InChI is InChI=1S/C14H11Cl2F3N2/c1-4-10-7(2)20-21(8(10)3)13-11(15)5-9(6-12(13)16)14(17,18)19/h4-6H,1H2,2-3H3. The lowest BCUT2D eigenvalue weighted by Crippen LogP contribution is -2.08. The van der Waals surface area contributed by atoms with Crippen LogP contribution in [0.25, 0.3) is 11.8 Å². The van der Waals surface area contributed by atoms with E-state index < -0.39 is 11.7 Å². The number of aryl methyl sites for hydroxylation is 1. The van der Waals surface area contributed by atoms with Gasteiger partial charge in [-0.2, -0.15) is 18.3 Å². The minimum Gasteiger partial charge on any atom is -0.234 e. The van der Waals surface area contributed by atoms with E-state index in [4.69, 9.17) is 23.2 Å². The summed E-state index contributed by atoms with van der Waals surface area (Å²) in [5, 5.41) is 4.03. The maximum atomic E-state index is 12.7. The van der Waals surface area contributed by atoms with Crippen molar-refractivity contribution < 1.29 is 13.2 Å². The van der Waals surface area contributed by atoms with Crippen molar-refractivity contribution in [1.29, 1.82) is 0 Å². The smallest absolute Gasteiger partial charge is 0.234 e. The monoisotopic (exact) mass is 334 g/mol. The molecule has 0 atom stereocenters. The van der Waals surface area contributed by atoms with Crippen molar-refractivity contribution in [3.05, 3.63) is 51.3 Å². The van der Waals surface area contributed by atoms with Crippen molar-refractivity contribution in [2.75, 3.05) is 0 Å². The van der Waals surface area contributed by atoms with E-state index in [2.05, 4.69) is 11.7 Å². The normalized spacial score (nSPS) is 11.8. The molecule has 1 aromatic carbocycles. The molecule has 0 aliphatic heterocycles. The Morgan fingerprint density at radius 3 is 2.10 bits per heavy atom. The molecule has 0 N–H and O–H groups in total. The highest BCUT2D eigenvalue weighted by Crippen LogP contribution is 2.38. The lowest BCUT2D eigenvalue weighted by molar-refractivity contribution is -0.137. The molecular weight excluding hydrogens is 324 g/mol. The highest BCUT2D eigenvalue weighted by Gasteiger charge is 2.32.